The Balaban J connectivity index is 1.97. The van der Waals surface area contributed by atoms with E-state index in [1.165, 1.54) is 7.11 Å². The first kappa shape index (κ1) is 11.8. The van der Waals surface area contributed by atoms with Crippen LogP contribution in [0.1, 0.15) is 18.5 Å². The van der Waals surface area contributed by atoms with Gasteiger partial charge in [-0.2, -0.15) is 0 Å². The maximum absolute atomic E-state index is 11.4. The van der Waals surface area contributed by atoms with Gasteiger partial charge in [-0.1, -0.05) is 0 Å². The van der Waals surface area contributed by atoms with Crippen LogP contribution in [-0.4, -0.2) is 36.1 Å². The number of methoxy groups -OCH3 is 1. The predicted octanol–water partition coefficient (Wildman–Crippen LogP) is 1.17. The van der Waals surface area contributed by atoms with Crippen LogP contribution in [0.3, 0.4) is 0 Å². The summed E-state index contributed by atoms with van der Waals surface area (Å²) in [5.74, 6) is 0.892. The van der Waals surface area contributed by atoms with Crippen molar-refractivity contribution in [1.29, 1.82) is 0 Å². The number of aryl methyl sites for hydroxylation is 1. The van der Waals surface area contributed by atoms with Gasteiger partial charge in [0, 0.05) is 24.8 Å². The first-order chi connectivity index (χ1) is 8.20. The Morgan fingerprint density at radius 2 is 2.12 bits per heavy atom. The van der Waals surface area contributed by atoms with Crippen LogP contribution in [0, 0.1) is 12.8 Å². The number of esters is 1. The number of hydrogen-bond donors (Lipinski definition) is 0. The first-order valence-electron chi connectivity index (χ1n) is 5.82. The molecule has 0 saturated carbocycles. The van der Waals surface area contributed by atoms with Gasteiger partial charge in [-0.25, -0.2) is 9.97 Å². The number of carbonyl (C=O) groups is 1. The maximum atomic E-state index is 11.4. The minimum Gasteiger partial charge on any atom is -0.469 e. The van der Waals surface area contributed by atoms with Crippen LogP contribution in [0.4, 0.5) is 5.82 Å². The third-order valence-corrected chi connectivity index (χ3v) is 3.14. The van der Waals surface area contributed by atoms with Crippen LogP contribution in [0.5, 0.6) is 0 Å². The van der Waals surface area contributed by atoms with Crippen molar-refractivity contribution >= 4 is 11.8 Å². The summed E-state index contributed by atoms with van der Waals surface area (Å²) in [5.41, 5.74) is 0.963. The van der Waals surface area contributed by atoms with Gasteiger partial charge >= 0.3 is 5.97 Å². The van der Waals surface area contributed by atoms with Crippen molar-refractivity contribution in [1.82, 2.24) is 9.97 Å². The minimum atomic E-state index is -0.0940. The number of nitrogens with zero attached hydrogens (tertiary/aromatic N) is 3. The zero-order valence-corrected chi connectivity index (χ0v) is 10.2. The van der Waals surface area contributed by atoms with Gasteiger partial charge in [-0.05, 0) is 19.8 Å². The van der Waals surface area contributed by atoms with Crippen molar-refractivity contribution in [3.8, 4) is 0 Å². The van der Waals surface area contributed by atoms with E-state index in [9.17, 15) is 4.79 Å². The van der Waals surface area contributed by atoms with E-state index >= 15 is 0 Å². The van der Waals surface area contributed by atoms with Crippen molar-refractivity contribution < 1.29 is 9.53 Å². The molecule has 0 spiro atoms. The number of aromatic nitrogens is 2. The highest BCUT2D eigenvalue weighted by Gasteiger charge is 2.26. The summed E-state index contributed by atoms with van der Waals surface area (Å²) in [6.07, 6.45) is 3.24. The number of hydrogen-bond acceptors (Lipinski definition) is 5. The molecule has 17 heavy (non-hydrogen) atoms. The van der Waals surface area contributed by atoms with Gasteiger partial charge in [0.25, 0.3) is 0 Å². The molecule has 0 atom stereocenters. The second-order valence-electron chi connectivity index (χ2n) is 4.30. The van der Waals surface area contributed by atoms with Gasteiger partial charge < -0.3 is 9.64 Å². The Hall–Kier alpha value is -1.65. The van der Waals surface area contributed by atoms with Gasteiger partial charge in [0.15, 0.2) is 0 Å². The van der Waals surface area contributed by atoms with E-state index in [0.29, 0.717) is 0 Å². The molecule has 0 unspecified atom stereocenters. The van der Waals surface area contributed by atoms with Crippen molar-refractivity contribution in [3.05, 3.63) is 18.1 Å². The van der Waals surface area contributed by atoms with Crippen molar-refractivity contribution in [3.63, 3.8) is 0 Å². The van der Waals surface area contributed by atoms with E-state index in [4.69, 9.17) is 4.74 Å². The third kappa shape index (κ3) is 2.72. The SMILES string of the molecule is COC(=O)C1CCN(c2cc(C)ncn2)CC1. The van der Waals surface area contributed by atoms with Gasteiger partial charge in [0.2, 0.25) is 0 Å². The quantitative estimate of drug-likeness (QED) is 0.720. The van der Waals surface area contributed by atoms with E-state index in [1.807, 2.05) is 13.0 Å². The number of anilines is 1. The van der Waals surface area contributed by atoms with Crippen LogP contribution in [0.2, 0.25) is 0 Å². The van der Waals surface area contributed by atoms with E-state index < -0.39 is 0 Å². The zero-order chi connectivity index (χ0) is 12.3. The minimum absolute atomic E-state index is 0.0409. The molecule has 0 bridgehead atoms. The van der Waals surface area contributed by atoms with E-state index in [-0.39, 0.29) is 11.9 Å². The molecule has 5 nitrogen and oxygen atoms in total. The Kier molecular flexibility index (Phi) is 3.56. The van der Waals surface area contributed by atoms with E-state index in [2.05, 4.69) is 14.9 Å². The molecule has 0 N–H and O–H groups in total. The van der Waals surface area contributed by atoms with E-state index in [0.717, 1.165) is 37.4 Å². The Bertz CT molecular complexity index is 400. The summed E-state index contributed by atoms with van der Waals surface area (Å²) in [6.45, 7) is 3.64. The molecule has 0 radical (unpaired) electrons. The smallest absolute Gasteiger partial charge is 0.308 e. The fourth-order valence-corrected chi connectivity index (χ4v) is 2.12. The molecule has 0 amide bonds. The van der Waals surface area contributed by atoms with Gasteiger partial charge in [0.1, 0.15) is 12.1 Å². The zero-order valence-electron chi connectivity index (χ0n) is 10.2. The molecule has 0 aromatic carbocycles. The third-order valence-electron chi connectivity index (χ3n) is 3.14. The lowest BCUT2D eigenvalue weighted by molar-refractivity contribution is -0.146. The summed E-state index contributed by atoms with van der Waals surface area (Å²) in [6, 6.07) is 1.97. The summed E-state index contributed by atoms with van der Waals surface area (Å²) >= 11 is 0. The lowest BCUT2D eigenvalue weighted by atomic mass is 9.97. The fourth-order valence-electron chi connectivity index (χ4n) is 2.12. The first-order valence-corrected chi connectivity index (χ1v) is 5.82. The number of rotatable bonds is 2. The van der Waals surface area contributed by atoms with Gasteiger partial charge in [0.05, 0.1) is 13.0 Å². The second kappa shape index (κ2) is 5.12. The normalized spacial score (nSPS) is 16.9. The molecular weight excluding hydrogens is 218 g/mol. The molecule has 0 aliphatic carbocycles. The number of ether oxygens (including phenoxy) is 1. The monoisotopic (exact) mass is 235 g/mol. The summed E-state index contributed by atoms with van der Waals surface area (Å²) in [5, 5.41) is 0. The van der Waals surface area contributed by atoms with Crippen LogP contribution in [0.15, 0.2) is 12.4 Å². The van der Waals surface area contributed by atoms with Gasteiger partial charge in [-0.15, -0.1) is 0 Å². The lowest BCUT2D eigenvalue weighted by Gasteiger charge is -2.31. The largest absolute Gasteiger partial charge is 0.469 e. The van der Waals surface area contributed by atoms with E-state index in [1.54, 1.807) is 6.33 Å². The van der Waals surface area contributed by atoms with Crippen molar-refractivity contribution in [2.75, 3.05) is 25.1 Å². The molecule has 2 heterocycles. The van der Waals surface area contributed by atoms with Crippen LogP contribution in [0.25, 0.3) is 0 Å². The van der Waals surface area contributed by atoms with Crippen molar-refractivity contribution in [2.24, 2.45) is 5.92 Å². The summed E-state index contributed by atoms with van der Waals surface area (Å²) in [7, 11) is 1.45. The molecule has 1 aromatic heterocycles. The highest BCUT2D eigenvalue weighted by Crippen LogP contribution is 2.22. The second-order valence-corrected chi connectivity index (χ2v) is 4.30. The summed E-state index contributed by atoms with van der Waals surface area (Å²) in [4.78, 5) is 21.9. The standard InChI is InChI=1S/C12H17N3O2/c1-9-7-11(14-8-13-9)15-5-3-10(4-6-15)12(16)17-2/h7-8,10H,3-6H2,1-2H3. The van der Waals surface area contributed by atoms with Crippen LogP contribution in [-0.2, 0) is 9.53 Å². The summed E-state index contributed by atoms with van der Waals surface area (Å²) < 4.78 is 4.77. The predicted molar refractivity (Wildman–Crippen MR) is 63.7 cm³/mol. The van der Waals surface area contributed by atoms with Crippen LogP contribution >= 0.6 is 0 Å². The number of piperidine rings is 1. The molecule has 1 fully saturated rings. The Morgan fingerprint density at radius 3 is 2.71 bits per heavy atom. The average Bonchev–Trinajstić information content (AvgIpc) is 2.38. The lowest BCUT2D eigenvalue weighted by Crippen LogP contribution is -2.37. The topological polar surface area (TPSA) is 55.3 Å². The molecule has 1 aliphatic heterocycles. The highest BCUT2D eigenvalue weighted by atomic mass is 16.5. The van der Waals surface area contributed by atoms with Crippen LogP contribution < -0.4 is 4.90 Å². The Morgan fingerprint density at radius 1 is 1.41 bits per heavy atom. The molecular formula is C12H17N3O2. The average molecular weight is 235 g/mol. The maximum Gasteiger partial charge on any atom is 0.308 e. The molecule has 92 valence electrons. The fraction of sp³-hybridized carbons (Fsp3) is 0.583. The highest BCUT2D eigenvalue weighted by molar-refractivity contribution is 5.72. The molecule has 5 heteroatoms. The number of carbonyl (C=O) groups excluding carboxylic acids is 1. The Labute approximate surface area is 101 Å². The molecule has 2 rings (SSSR count). The molecule has 1 aliphatic rings. The van der Waals surface area contributed by atoms with Crippen molar-refractivity contribution in [2.45, 2.75) is 19.8 Å². The molecule has 1 aromatic rings. The van der Waals surface area contributed by atoms with Gasteiger partial charge in [-0.3, -0.25) is 4.79 Å². The molecule has 1 saturated heterocycles.